The first-order chi connectivity index (χ1) is 13.0. The van der Waals surface area contributed by atoms with Gasteiger partial charge in [0.05, 0.1) is 0 Å². The predicted octanol–water partition coefficient (Wildman–Crippen LogP) is 3.32. The van der Waals surface area contributed by atoms with Crippen molar-refractivity contribution in [2.45, 2.75) is 31.2 Å². The van der Waals surface area contributed by atoms with Gasteiger partial charge in [-0.3, -0.25) is 9.59 Å². The van der Waals surface area contributed by atoms with Gasteiger partial charge in [0, 0.05) is 30.3 Å². The highest BCUT2D eigenvalue weighted by Crippen LogP contribution is 2.42. The number of carbonyl (C=O) groups is 3. The number of benzene rings is 1. The van der Waals surface area contributed by atoms with E-state index in [0.29, 0.717) is 23.4 Å². The van der Waals surface area contributed by atoms with E-state index in [1.54, 1.807) is 49.6 Å². The molecule has 1 fully saturated rings. The van der Waals surface area contributed by atoms with Gasteiger partial charge in [0.15, 0.2) is 12.4 Å². The molecule has 1 aliphatic rings. The van der Waals surface area contributed by atoms with Gasteiger partial charge in [0.25, 0.3) is 5.91 Å². The van der Waals surface area contributed by atoms with Crippen molar-refractivity contribution >= 4 is 29.3 Å². The van der Waals surface area contributed by atoms with Crippen molar-refractivity contribution in [1.29, 1.82) is 0 Å². The van der Waals surface area contributed by atoms with Gasteiger partial charge in [-0.15, -0.1) is 0 Å². The van der Waals surface area contributed by atoms with Gasteiger partial charge in [-0.05, 0) is 37.5 Å². The highest BCUT2D eigenvalue weighted by Gasteiger charge is 2.47. The number of carbonyl (C=O) groups excluding carboxylic acids is 3. The highest BCUT2D eigenvalue weighted by molar-refractivity contribution is 6.31. The van der Waals surface area contributed by atoms with Gasteiger partial charge in [-0.25, -0.2) is 4.79 Å². The predicted molar refractivity (Wildman–Crippen MR) is 100 cm³/mol. The van der Waals surface area contributed by atoms with Crippen molar-refractivity contribution < 1.29 is 19.1 Å². The molecule has 142 valence electrons. The third kappa shape index (κ3) is 3.62. The molecule has 3 rings (SSSR count). The third-order valence-electron chi connectivity index (χ3n) is 5.06. The van der Waals surface area contributed by atoms with Crippen LogP contribution in [0.5, 0.6) is 0 Å². The van der Waals surface area contributed by atoms with E-state index in [9.17, 15) is 14.4 Å². The van der Waals surface area contributed by atoms with Gasteiger partial charge in [0.1, 0.15) is 11.2 Å². The minimum Gasteiger partial charge on any atom is -0.451 e. The minimum absolute atomic E-state index is 0.0478. The number of aromatic amines is 1. The summed E-state index contributed by atoms with van der Waals surface area (Å²) in [6.45, 7) is -0.451. The Kier molecular flexibility index (Phi) is 5.65. The highest BCUT2D eigenvalue weighted by atomic mass is 35.5. The maximum atomic E-state index is 13.0. The first-order valence-corrected chi connectivity index (χ1v) is 9.20. The van der Waals surface area contributed by atoms with E-state index in [1.807, 2.05) is 0 Å². The summed E-state index contributed by atoms with van der Waals surface area (Å²) in [4.78, 5) is 41.9. The summed E-state index contributed by atoms with van der Waals surface area (Å²) in [6.07, 6.45) is 4.05. The SMILES string of the molecule is CN(C(=O)COC(=O)c1ccc[nH]1)[C@]1(c2ccccc2Cl)CCCCC1=O. The van der Waals surface area contributed by atoms with Gasteiger partial charge in [-0.1, -0.05) is 29.8 Å². The number of likely N-dealkylation sites (N-methyl/N-ethyl adjacent to an activating group) is 1. The number of halogens is 1. The lowest BCUT2D eigenvalue weighted by Crippen LogP contribution is -2.55. The lowest BCUT2D eigenvalue weighted by atomic mass is 9.74. The molecule has 1 amide bonds. The van der Waals surface area contributed by atoms with E-state index in [1.165, 1.54) is 4.90 Å². The molecule has 0 unspecified atom stereocenters. The second-order valence-electron chi connectivity index (χ2n) is 6.58. The number of nitrogens with one attached hydrogen (secondary N) is 1. The number of rotatable bonds is 5. The number of aromatic nitrogens is 1. The normalized spacial score (nSPS) is 19.6. The minimum atomic E-state index is -1.13. The summed E-state index contributed by atoms with van der Waals surface area (Å²) in [5.41, 5.74) is -0.255. The summed E-state index contributed by atoms with van der Waals surface area (Å²) >= 11 is 6.38. The molecule has 1 aliphatic carbocycles. The molecule has 0 aliphatic heterocycles. The monoisotopic (exact) mass is 388 g/mol. The molecule has 1 aromatic carbocycles. The van der Waals surface area contributed by atoms with Crippen LogP contribution >= 0.6 is 11.6 Å². The molecule has 1 saturated carbocycles. The van der Waals surface area contributed by atoms with E-state index in [4.69, 9.17) is 16.3 Å². The molecule has 1 N–H and O–H groups in total. The molecule has 1 aromatic heterocycles. The van der Waals surface area contributed by atoms with Crippen LogP contribution in [-0.4, -0.2) is 41.2 Å². The van der Waals surface area contributed by atoms with Crippen LogP contribution in [-0.2, 0) is 19.9 Å². The first-order valence-electron chi connectivity index (χ1n) is 8.82. The standard InChI is InChI=1S/C20H21ClN2O4/c1-23(18(25)13-27-19(26)16-9-6-12-22-16)20(11-5-4-10-17(20)24)14-7-2-3-8-15(14)21/h2-3,6-9,12,22H,4-5,10-11,13H2,1H3/t20-/m0/s1. The largest absolute Gasteiger partial charge is 0.451 e. The van der Waals surface area contributed by atoms with E-state index >= 15 is 0 Å². The Balaban J connectivity index is 1.84. The zero-order valence-electron chi connectivity index (χ0n) is 15.0. The Bertz CT molecular complexity index is 849. The zero-order chi connectivity index (χ0) is 19.4. The number of hydrogen-bond acceptors (Lipinski definition) is 4. The smallest absolute Gasteiger partial charge is 0.355 e. The Morgan fingerprint density at radius 3 is 2.67 bits per heavy atom. The number of ether oxygens (including phenoxy) is 1. The number of Topliss-reactive ketones (excluding diaryl/α,β-unsaturated/α-hetero) is 1. The molecule has 1 heterocycles. The molecule has 0 saturated heterocycles. The number of nitrogens with zero attached hydrogens (tertiary/aromatic N) is 1. The van der Waals surface area contributed by atoms with E-state index < -0.39 is 24.0 Å². The molecule has 2 aromatic rings. The van der Waals surface area contributed by atoms with Crippen LogP contribution in [0.15, 0.2) is 42.6 Å². The van der Waals surface area contributed by atoms with Crippen LogP contribution in [0, 0.1) is 0 Å². The van der Waals surface area contributed by atoms with Crippen LogP contribution < -0.4 is 0 Å². The second kappa shape index (κ2) is 7.96. The molecule has 6 nitrogen and oxygen atoms in total. The number of ketones is 1. The van der Waals surface area contributed by atoms with Crippen LogP contribution in [0.2, 0.25) is 5.02 Å². The average molecular weight is 389 g/mol. The number of H-pyrrole nitrogens is 1. The lowest BCUT2D eigenvalue weighted by molar-refractivity contribution is -0.150. The topological polar surface area (TPSA) is 79.5 Å². The molecule has 27 heavy (non-hydrogen) atoms. The summed E-state index contributed by atoms with van der Waals surface area (Å²) < 4.78 is 5.10. The van der Waals surface area contributed by atoms with Crippen LogP contribution in [0.1, 0.15) is 41.7 Å². The Morgan fingerprint density at radius 1 is 1.22 bits per heavy atom. The molecular weight excluding hydrogens is 368 g/mol. The second-order valence-corrected chi connectivity index (χ2v) is 6.99. The van der Waals surface area contributed by atoms with Crippen molar-refractivity contribution in [2.24, 2.45) is 0 Å². The Morgan fingerprint density at radius 2 is 2.00 bits per heavy atom. The van der Waals surface area contributed by atoms with Crippen molar-refractivity contribution in [3.05, 3.63) is 58.9 Å². The lowest BCUT2D eigenvalue weighted by Gasteiger charge is -2.43. The van der Waals surface area contributed by atoms with E-state index in [0.717, 1.165) is 12.8 Å². The molecule has 0 bridgehead atoms. The number of esters is 1. The van der Waals surface area contributed by atoms with Crippen LogP contribution in [0.4, 0.5) is 0 Å². The third-order valence-corrected chi connectivity index (χ3v) is 5.39. The summed E-state index contributed by atoms with van der Waals surface area (Å²) in [7, 11) is 1.57. The van der Waals surface area contributed by atoms with Gasteiger partial charge < -0.3 is 14.6 Å². The fraction of sp³-hybridized carbons (Fsp3) is 0.350. The Labute approximate surface area is 162 Å². The molecular formula is C20H21ClN2O4. The molecule has 0 spiro atoms. The summed E-state index contributed by atoms with van der Waals surface area (Å²) in [5.74, 6) is -1.12. The quantitative estimate of drug-likeness (QED) is 0.797. The van der Waals surface area contributed by atoms with Crippen molar-refractivity contribution in [3.8, 4) is 0 Å². The molecule has 7 heteroatoms. The summed E-state index contributed by atoms with van der Waals surface area (Å²) in [5, 5.41) is 0.441. The maximum absolute atomic E-state index is 13.0. The van der Waals surface area contributed by atoms with Crippen molar-refractivity contribution in [3.63, 3.8) is 0 Å². The van der Waals surface area contributed by atoms with Crippen LogP contribution in [0.25, 0.3) is 0 Å². The van der Waals surface area contributed by atoms with Gasteiger partial charge in [-0.2, -0.15) is 0 Å². The zero-order valence-corrected chi connectivity index (χ0v) is 15.8. The fourth-order valence-corrected chi connectivity index (χ4v) is 3.89. The van der Waals surface area contributed by atoms with Crippen LogP contribution in [0.3, 0.4) is 0 Å². The summed E-state index contributed by atoms with van der Waals surface area (Å²) in [6, 6.07) is 10.3. The Hall–Kier alpha value is -2.60. The average Bonchev–Trinajstić information content (AvgIpc) is 3.21. The number of hydrogen-bond donors (Lipinski definition) is 1. The first kappa shape index (κ1) is 19.2. The van der Waals surface area contributed by atoms with Gasteiger partial charge >= 0.3 is 5.97 Å². The molecule has 0 radical (unpaired) electrons. The van der Waals surface area contributed by atoms with Crippen molar-refractivity contribution in [1.82, 2.24) is 9.88 Å². The number of amides is 1. The fourth-order valence-electron chi connectivity index (χ4n) is 3.60. The molecule has 1 atom stereocenters. The van der Waals surface area contributed by atoms with E-state index in [-0.39, 0.29) is 11.5 Å². The van der Waals surface area contributed by atoms with E-state index in [2.05, 4.69) is 4.98 Å². The maximum Gasteiger partial charge on any atom is 0.355 e. The van der Waals surface area contributed by atoms with Gasteiger partial charge in [0.2, 0.25) is 0 Å². The van der Waals surface area contributed by atoms with Crippen molar-refractivity contribution in [2.75, 3.05) is 13.7 Å².